The van der Waals surface area contributed by atoms with Gasteiger partial charge in [-0.2, -0.15) is 0 Å². The van der Waals surface area contributed by atoms with E-state index < -0.39 is 5.97 Å². The third-order valence-electron chi connectivity index (χ3n) is 4.02. The fourth-order valence-electron chi connectivity index (χ4n) is 2.71. The minimum Gasteiger partial charge on any atom is -0.491 e. The van der Waals surface area contributed by atoms with E-state index >= 15 is 0 Å². The molecule has 1 amide bonds. The van der Waals surface area contributed by atoms with Crippen molar-refractivity contribution in [2.45, 2.75) is 46.6 Å². The molecule has 2 rings (SSSR count). The molecule has 0 fully saturated rings. The number of ether oxygens (including phenoxy) is 1. The van der Waals surface area contributed by atoms with Gasteiger partial charge >= 0.3 is 5.97 Å². The van der Waals surface area contributed by atoms with Crippen molar-refractivity contribution in [2.75, 3.05) is 13.1 Å². The summed E-state index contributed by atoms with van der Waals surface area (Å²) in [6, 6.07) is 7.43. The van der Waals surface area contributed by atoms with Gasteiger partial charge in [0, 0.05) is 13.1 Å². The molecule has 0 saturated carbocycles. The first-order chi connectivity index (χ1) is 12.9. The summed E-state index contributed by atoms with van der Waals surface area (Å²) < 4.78 is 7.28. The van der Waals surface area contributed by atoms with Crippen LogP contribution in [0.3, 0.4) is 0 Å². The monoisotopic (exact) mass is 374 g/mol. The second-order valence-electron chi connectivity index (χ2n) is 6.34. The number of aromatic nitrogens is 3. The first-order valence-electron chi connectivity index (χ1n) is 9.10. The molecule has 1 aromatic heterocycles. The number of carboxylic acids is 1. The summed E-state index contributed by atoms with van der Waals surface area (Å²) in [5.74, 6) is -0.486. The Kier molecular flexibility index (Phi) is 6.92. The van der Waals surface area contributed by atoms with Crippen molar-refractivity contribution in [2.24, 2.45) is 0 Å². The molecule has 0 bridgehead atoms. The zero-order valence-electron chi connectivity index (χ0n) is 16.2. The van der Waals surface area contributed by atoms with Gasteiger partial charge < -0.3 is 14.7 Å². The molecule has 0 spiro atoms. The molecule has 1 aromatic carbocycles. The largest absolute Gasteiger partial charge is 0.491 e. The van der Waals surface area contributed by atoms with E-state index in [-0.39, 0.29) is 30.7 Å². The molecule has 0 saturated heterocycles. The Labute approximate surface area is 158 Å². The quantitative estimate of drug-likeness (QED) is 0.724. The summed E-state index contributed by atoms with van der Waals surface area (Å²) >= 11 is 0. The van der Waals surface area contributed by atoms with Crippen LogP contribution in [0.2, 0.25) is 0 Å². The number of carbonyl (C=O) groups excluding carboxylic acids is 1. The summed E-state index contributed by atoms with van der Waals surface area (Å²) in [5, 5.41) is 17.1. The van der Waals surface area contributed by atoms with E-state index in [4.69, 9.17) is 9.84 Å². The van der Waals surface area contributed by atoms with Gasteiger partial charge in [-0.15, -0.1) is 5.10 Å². The van der Waals surface area contributed by atoms with E-state index in [9.17, 15) is 9.59 Å². The van der Waals surface area contributed by atoms with Gasteiger partial charge in [0.15, 0.2) is 5.69 Å². The molecule has 146 valence electrons. The Hall–Kier alpha value is -2.90. The third kappa shape index (κ3) is 5.06. The lowest BCUT2D eigenvalue weighted by Gasteiger charge is -2.19. The first-order valence-corrected chi connectivity index (χ1v) is 9.10. The Morgan fingerprint density at radius 1 is 1.22 bits per heavy atom. The number of nitrogens with zero attached hydrogens (tertiary/aromatic N) is 4. The van der Waals surface area contributed by atoms with Crippen LogP contribution in [0.25, 0.3) is 5.69 Å². The average molecular weight is 374 g/mol. The number of amides is 1. The fraction of sp³-hybridized carbons (Fsp3) is 0.474. The minimum atomic E-state index is -0.940. The van der Waals surface area contributed by atoms with Crippen LogP contribution < -0.4 is 4.74 Å². The number of carbonyl (C=O) groups is 2. The van der Waals surface area contributed by atoms with E-state index in [1.165, 1.54) is 4.90 Å². The molecule has 2 aromatic rings. The van der Waals surface area contributed by atoms with Gasteiger partial charge in [-0.25, -0.2) is 4.68 Å². The molecular weight excluding hydrogens is 348 g/mol. The molecule has 0 atom stereocenters. The molecular formula is C19H26N4O4. The lowest BCUT2D eigenvalue weighted by atomic mass is 10.2. The molecule has 0 aliphatic heterocycles. The van der Waals surface area contributed by atoms with Crippen molar-refractivity contribution in [1.29, 1.82) is 0 Å². The zero-order chi connectivity index (χ0) is 20.0. The highest BCUT2D eigenvalue weighted by molar-refractivity contribution is 5.93. The normalized spacial score (nSPS) is 10.9. The second-order valence-corrected chi connectivity index (χ2v) is 6.34. The first kappa shape index (κ1) is 20.4. The van der Waals surface area contributed by atoms with Crippen LogP contribution in [0, 0.1) is 0 Å². The molecule has 0 unspecified atom stereocenters. The van der Waals surface area contributed by atoms with Crippen LogP contribution in [-0.4, -0.2) is 56.1 Å². The van der Waals surface area contributed by atoms with E-state index in [0.717, 1.165) is 11.4 Å². The van der Waals surface area contributed by atoms with E-state index in [0.29, 0.717) is 18.7 Å². The predicted molar refractivity (Wildman–Crippen MR) is 100 cm³/mol. The average Bonchev–Trinajstić information content (AvgIpc) is 3.05. The van der Waals surface area contributed by atoms with Crippen molar-refractivity contribution >= 4 is 11.9 Å². The highest BCUT2D eigenvalue weighted by Crippen LogP contribution is 2.19. The van der Waals surface area contributed by atoms with Crippen LogP contribution in [0.15, 0.2) is 24.3 Å². The van der Waals surface area contributed by atoms with Gasteiger partial charge in [-0.05, 0) is 51.5 Å². The topological polar surface area (TPSA) is 97.5 Å². The summed E-state index contributed by atoms with van der Waals surface area (Å²) in [5.41, 5.74) is 1.72. The van der Waals surface area contributed by atoms with E-state index in [2.05, 4.69) is 10.3 Å². The Balaban J connectivity index is 2.27. The Morgan fingerprint density at radius 3 is 2.41 bits per heavy atom. The van der Waals surface area contributed by atoms with E-state index in [1.807, 2.05) is 52.0 Å². The van der Waals surface area contributed by atoms with Gasteiger partial charge in [0.1, 0.15) is 5.75 Å². The maximum Gasteiger partial charge on any atom is 0.305 e. The molecule has 8 nitrogen and oxygen atoms in total. The standard InChI is InChI=1S/C19H26N4O4/c1-5-16-18(19(26)22(6-2)12-11-17(24)25)20-21-23(16)14-7-9-15(10-8-14)27-13(3)4/h7-10,13H,5-6,11-12H2,1-4H3,(H,24,25). The molecule has 27 heavy (non-hydrogen) atoms. The molecule has 0 aliphatic rings. The minimum absolute atomic E-state index is 0.0866. The van der Waals surface area contributed by atoms with Crippen molar-refractivity contribution in [3.05, 3.63) is 35.7 Å². The van der Waals surface area contributed by atoms with Crippen molar-refractivity contribution in [3.63, 3.8) is 0 Å². The van der Waals surface area contributed by atoms with Crippen molar-refractivity contribution in [3.8, 4) is 11.4 Å². The SMILES string of the molecule is CCc1c(C(=O)N(CC)CCC(=O)O)nnn1-c1ccc(OC(C)C)cc1. The lowest BCUT2D eigenvalue weighted by Crippen LogP contribution is -2.33. The van der Waals surface area contributed by atoms with Crippen LogP contribution in [0.1, 0.15) is 50.3 Å². The van der Waals surface area contributed by atoms with Gasteiger partial charge in [0.25, 0.3) is 5.91 Å². The Bertz CT molecular complexity index is 784. The number of hydrogen-bond donors (Lipinski definition) is 1. The van der Waals surface area contributed by atoms with Crippen molar-refractivity contribution < 1.29 is 19.4 Å². The lowest BCUT2D eigenvalue weighted by molar-refractivity contribution is -0.137. The number of carboxylic acid groups (broad SMARTS) is 1. The maximum atomic E-state index is 12.8. The maximum absolute atomic E-state index is 12.8. The Morgan fingerprint density at radius 2 is 1.89 bits per heavy atom. The van der Waals surface area contributed by atoms with Crippen LogP contribution in [0.5, 0.6) is 5.75 Å². The van der Waals surface area contributed by atoms with Crippen molar-refractivity contribution in [1.82, 2.24) is 19.9 Å². The summed E-state index contributed by atoms with van der Waals surface area (Å²) in [4.78, 5) is 25.1. The zero-order valence-corrected chi connectivity index (χ0v) is 16.2. The van der Waals surface area contributed by atoms with Gasteiger partial charge in [-0.3, -0.25) is 9.59 Å². The van der Waals surface area contributed by atoms with Gasteiger partial charge in [0.05, 0.1) is 23.9 Å². The van der Waals surface area contributed by atoms with Gasteiger partial charge in [0.2, 0.25) is 0 Å². The summed E-state index contributed by atoms with van der Waals surface area (Å²) in [6.07, 6.45) is 0.546. The van der Waals surface area contributed by atoms with Crippen LogP contribution in [-0.2, 0) is 11.2 Å². The van der Waals surface area contributed by atoms with E-state index in [1.54, 1.807) is 4.68 Å². The molecule has 1 N–H and O–H groups in total. The molecule has 0 aliphatic carbocycles. The highest BCUT2D eigenvalue weighted by Gasteiger charge is 2.24. The fourth-order valence-corrected chi connectivity index (χ4v) is 2.71. The third-order valence-corrected chi connectivity index (χ3v) is 4.02. The highest BCUT2D eigenvalue weighted by atomic mass is 16.5. The molecule has 8 heteroatoms. The van der Waals surface area contributed by atoms with Crippen LogP contribution in [0.4, 0.5) is 0 Å². The second kappa shape index (κ2) is 9.16. The number of rotatable bonds is 9. The predicted octanol–water partition coefficient (Wildman–Crippen LogP) is 2.55. The number of hydrogen-bond acceptors (Lipinski definition) is 5. The summed E-state index contributed by atoms with van der Waals surface area (Å²) in [6.45, 7) is 8.20. The number of aliphatic carboxylic acids is 1. The van der Waals surface area contributed by atoms with Gasteiger partial charge in [-0.1, -0.05) is 12.1 Å². The smallest absolute Gasteiger partial charge is 0.305 e. The molecule has 1 heterocycles. The summed E-state index contributed by atoms with van der Waals surface area (Å²) in [7, 11) is 0. The van der Waals surface area contributed by atoms with Crippen LogP contribution >= 0.6 is 0 Å². The number of benzene rings is 1. The molecule has 0 radical (unpaired) electrons.